The molecule has 0 amide bonds. The maximum absolute atomic E-state index is 6.20. The fraction of sp³-hybridized carbons (Fsp3) is 0.611. The number of aliphatic imine (C=N–C) groups is 1. The van der Waals surface area contributed by atoms with Crippen LogP contribution in [0.2, 0.25) is 0 Å². The van der Waals surface area contributed by atoms with Gasteiger partial charge in [0, 0.05) is 30.6 Å². The first kappa shape index (κ1) is 19.1. The van der Waals surface area contributed by atoms with Gasteiger partial charge in [-0.3, -0.25) is 0 Å². The van der Waals surface area contributed by atoms with Gasteiger partial charge in [0.15, 0.2) is 5.96 Å². The molecule has 2 aliphatic heterocycles. The van der Waals surface area contributed by atoms with E-state index in [4.69, 9.17) is 15.2 Å². The van der Waals surface area contributed by atoms with Crippen LogP contribution in [0.3, 0.4) is 0 Å². The van der Waals surface area contributed by atoms with Crippen LogP contribution in [-0.4, -0.2) is 37.2 Å². The van der Waals surface area contributed by atoms with Crippen molar-refractivity contribution >= 4 is 29.9 Å². The number of ether oxygens (including phenoxy) is 2. The minimum Gasteiger partial charge on any atom is -0.496 e. The van der Waals surface area contributed by atoms with E-state index in [-0.39, 0.29) is 30.1 Å². The molecule has 6 heteroatoms. The van der Waals surface area contributed by atoms with Crippen molar-refractivity contribution in [2.45, 2.75) is 51.7 Å². The summed E-state index contributed by atoms with van der Waals surface area (Å²) in [4.78, 5) is 6.80. The summed E-state index contributed by atoms with van der Waals surface area (Å²) in [6.45, 7) is 4.63. The number of guanidine groups is 1. The number of likely N-dealkylation sites (tertiary alicyclic amines) is 1. The van der Waals surface area contributed by atoms with Gasteiger partial charge in [-0.2, -0.15) is 0 Å². The third kappa shape index (κ3) is 4.46. The van der Waals surface area contributed by atoms with E-state index in [0.717, 1.165) is 36.6 Å². The summed E-state index contributed by atoms with van der Waals surface area (Å²) in [5.74, 6) is 2.47. The first-order valence-corrected chi connectivity index (χ1v) is 8.58. The molecule has 2 N–H and O–H groups in total. The Bertz CT molecular complexity index is 584. The van der Waals surface area contributed by atoms with Gasteiger partial charge in [0.25, 0.3) is 0 Å². The predicted molar refractivity (Wildman–Crippen MR) is 108 cm³/mol. The summed E-state index contributed by atoms with van der Waals surface area (Å²) < 4.78 is 11.4. The maximum Gasteiger partial charge on any atom is 0.191 e. The van der Waals surface area contributed by atoms with E-state index in [0.29, 0.717) is 12.5 Å². The second kappa shape index (κ2) is 8.78. The summed E-state index contributed by atoms with van der Waals surface area (Å²) in [6, 6.07) is 4.13. The summed E-state index contributed by atoms with van der Waals surface area (Å²) in [5.41, 5.74) is 8.43. The number of fused-ring (bicyclic) bond motifs is 1. The van der Waals surface area contributed by atoms with Gasteiger partial charge in [0.2, 0.25) is 0 Å². The minimum absolute atomic E-state index is 0. The van der Waals surface area contributed by atoms with Crippen molar-refractivity contribution in [2.75, 3.05) is 20.2 Å². The molecular formula is C18H28IN3O2. The molecule has 2 heterocycles. The molecular weight excluding hydrogens is 417 g/mol. The van der Waals surface area contributed by atoms with Crippen molar-refractivity contribution in [1.29, 1.82) is 0 Å². The number of benzene rings is 1. The Morgan fingerprint density at radius 3 is 2.67 bits per heavy atom. The SMILES string of the molecule is COc1cc2c(cc1CN=C(N)N1CCCCCC1)OC(C)C2.I. The van der Waals surface area contributed by atoms with Crippen molar-refractivity contribution in [3.8, 4) is 11.5 Å². The monoisotopic (exact) mass is 445 g/mol. The van der Waals surface area contributed by atoms with Crippen molar-refractivity contribution in [1.82, 2.24) is 4.90 Å². The zero-order valence-electron chi connectivity index (χ0n) is 14.6. The largest absolute Gasteiger partial charge is 0.496 e. The Kier molecular flexibility index (Phi) is 7.01. The molecule has 2 aliphatic rings. The molecule has 0 saturated carbocycles. The van der Waals surface area contributed by atoms with E-state index in [1.807, 2.05) is 0 Å². The smallest absolute Gasteiger partial charge is 0.191 e. The third-order valence-electron chi connectivity index (χ3n) is 4.64. The highest BCUT2D eigenvalue weighted by molar-refractivity contribution is 14.0. The topological polar surface area (TPSA) is 60.1 Å². The van der Waals surface area contributed by atoms with Crippen LogP contribution in [0.5, 0.6) is 11.5 Å². The Balaban J connectivity index is 0.00000208. The minimum atomic E-state index is 0. The van der Waals surface area contributed by atoms with Crippen LogP contribution in [0, 0.1) is 0 Å². The normalized spacial score (nSPS) is 20.7. The Morgan fingerprint density at radius 1 is 1.29 bits per heavy atom. The number of methoxy groups -OCH3 is 1. The molecule has 0 radical (unpaired) electrons. The fourth-order valence-corrected chi connectivity index (χ4v) is 3.36. The zero-order valence-corrected chi connectivity index (χ0v) is 16.9. The molecule has 3 rings (SSSR count). The highest BCUT2D eigenvalue weighted by Crippen LogP contribution is 2.35. The fourth-order valence-electron chi connectivity index (χ4n) is 3.36. The van der Waals surface area contributed by atoms with E-state index in [9.17, 15) is 0 Å². The number of nitrogens with two attached hydrogens (primary N) is 1. The van der Waals surface area contributed by atoms with E-state index < -0.39 is 0 Å². The van der Waals surface area contributed by atoms with E-state index in [1.54, 1.807) is 7.11 Å². The average Bonchev–Trinajstić information content (AvgIpc) is 2.75. The third-order valence-corrected chi connectivity index (χ3v) is 4.64. The summed E-state index contributed by atoms with van der Waals surface area (Å²) >= 11 is 0. The van der Waals surface area contributed by atoms with Gasteiger partial charge >= 0.3 is 0 Å². The second-order valence-corrected chi connectivity index (χ2v) is 6.48. The number of nitrogens with zero attached hydrogens (tertiary/aromatic N) is 2. The molecule has 1 fully saturated rings. The molecule has 24 heavy (non-hydrogen) atoms. The van der Waals surface area contributed by atoms with Crippen molar-refractivity contribution in [3.63, 3.8) is 0 Å². The molecule has 0 aliphatic carbocycles. The molecule has 134 valence electrons. The predicted octanol–water partition coefficient (Wildman–Crippen LogP) is 3.33. The number of halogens is 1. The lowest BCUT2D eigenvalue weighted by atomic mass is 10.1. The molecule has 0 aromatic heterocycles. The molecule has 1 aromatic rings. The number of hydrogen-bond donors (Lipinski definition) is 1. The lowest BCUT2D eigenvalue weighted by Gasteiger charge is -2.21. The zero-order chi connectivity index (χ0) is 16.2. The first-order chi connectivity index (χ1) is 11.2. The lowest BCUT2D eigenvalue weighted by molar-refractivity contribution is 0.254. The van der Waals surface area contributed by atoms with Crippen LogP contribution in [0.1, 0.15) is 43.7 Å². The van der Waals surface area contributed by atoms with Gasteiger partial charge < -0.3 is 20.1 Å². The van der Waals surface area contributed by atoms with Crippen LogP contribution >= 0.6 is 24.0 Å². The lowest BCUT2D eigenvalue weighted by Crippen LogP contribution is -2.38. The van der Waals surface area contributed by atoms with Gasteiger partial charge in [0.05, 0.1) is 13.7 Å². The molecule has 1 unspecified atom stereocenters. The van der Waals surface area contributed by atoms with Crippen LogP contribution in [-0.2, 0) is 13.0 Å². The van der Waals surface area contributed by atoms with E-state index >= 15 is 0 Å². The quantitative estimate of drug-likeness (QED) is 0.441. The number of rotatable bonds is 3. The van der Waals surface area contributed by atoms with Gasteiger partial charge in [0.1, 0.15) is 17.6 Å². The molecule has 5 nitrogen and oxygen atoms in total. The van der Waals surface area contributed by atoms with Gasteiger partial charge in [-0.15, -0.1) is 24.0 Å². The Morgan fingerprint density at radius 2 is 2.00 bits per heavy atom. The number of hydrogen-bond acceptors (Lipinski definition) is 3. The van der Waals surface area contributed by atoms with Crippen LogP contribution in [0.15, 0.2) is 17.1 Å². The second-order valence-electron chi connectivity index (χ2n) is 6.48. The van der Waals surface area contributed by atoms with Gasteiger partial charge in [-0.05, 0) is 31.9 Å². The standard InChI is InChI=1S/C18H27N3O2.HI/c1-13-9-14-10-16(22-2)15(11-17(14)23-13)12-20-18(19)21-7-5-3-4-6-8-21;/h10-11,13H,3-9,12H2,1-2H3,(H2,19,20);1H. The summed E-state index contributed by atoms with van der Waals surface area (Å²) in [5, 5.41) is 0. The van der Waals surface area contributed by atoms with Crippen LogP contribution in [0.25, 0.3) is 0 Å². The van der Waals surface area contributed by atoms with Gasteiger partial charge in [-0.1, -0.05) is 12.8 Å². The molecule has 0 bridgehead atoms. The molecule has 1 atom stereocenters. The van der Waals surface area contributed by atoms with Gasteiger partial charge in [-0.25, -0.2) is 4.99 Å². The van der Waals surface area contributed by atoms with Crippen LogP contribution in [0.4, 0.5) is 0 Å². The van der Waals surface area contributed by atoms with E-state index in [1.165, 1.54) is 31.2 Å². The highest BCUT2D eigenvalue weighted by Gasteiger charge is 2.21. The Hall–Kier alpha value is -1.18. The first-order valence-electron chi connectivity index (χ1n) is 8.58. The van der Waals surface area contributed by atoms with E-state index in [2.05, 4.69) is 28.9 Å². The van der Waals surface area contributed by atoms with Crippen molar-refractivity contribution < 1.29 is 9.47 Å². The average molecular weight is 445 g/mol. The summed E-state index contributed by atoms with van der Waals surface area (Å²) in [7, 11) is 1.70. The summed E-state index contributed by atoms with van der Waals surface area (Å²) in [6.07, 6.45) is 6.14. The molecule has 1 saturated heterocycles. The Labute approximate surface area is 161 Å². The molecule has 0 spiro atoms. The van der Waals surface area contributed by atoms with Crippen molar-refractivity contribution in [2.24, 2.45) is 10.7 Å². The highest BCUT2D eigenvalue weighted by atomic mass is 127. The van der Waals surface area contributed by atoms with Crippen LogP contribution < -0.4 is 15.2 Å². The maximum atomic E-state index is 6.20. The molecule has 1 aromatic carbocycles. The van der Waals surface area contributed by atoms with Crippen molar-refractivity contribution in [3.05, 3.63) is 23.3 Å².